The molecule has 2 heterocycles. The molecule has 0 aliphatic carbocycles. The largest absolute Gasteiger partial charge is 0.489 e. The van der Waals surface area contributed by atoms with Crippen molar-refractivity contribution in [1.82, 2.24) is 10.2 Å². The number of carbonyl (C=O) groups excluding carboxylic acids is 3. The lowest BCUT2D eigenvalue weighted by Gasteiger charge is -2.38. The number of hydrogen-bond donors (Lipinski definition) is 3. The van der Waals surface area contributed by atoms with Crippen LogP contribution in [-0.2, 0) is 45.2 Å². The van der Waals surface area contributed by atoms with Crippen molar-refractivity contribution in [3.05, 3.63) is 147 Å². The van der Waals surface area contributed by atoms with Crippen LogP contribution in [0.4, 0.5) is 5.69 Å². The van der Waals surface area contributed by atoms with Crippen molar-refractivity contribution in [2.24, 2.45) is 5.92 Å². The second-order valence-electron chi connectivity index (χ2n) is 14.5. The summed E-state index contributed by atoms with van der Waals surface area (Å²) in [5.74, 6) is -1.89. The number of carbonyl (C=O) groups is 4. The molecule has 0 saturated heterocycles. The first-order valence-corrected chi connectivity index (χ1v) is 19.4. The monoisotopic (exact) mass is 816 g/mol. The Bertz CT molecular complexity index is 2430. The standard InChI is InChI=1S/C45H38Cl2N4O7/c1-25(2)44(54)51-23-33-21-40-37(49-43(53)41(58-40)31-12-14-34(15-13-31)57-24-28-7-16-35(46)36(47)17-28)19-32(33)20-39(51)42(52)50-38(45(55)56)18-26-3-8-29(9-4-26)30-10-5-27(22-48)6-11-30/h3-17,19,21,25,38-39,41H,18,20,23-24H2,1-2H3,(H,49,53)(H,50,52)(H,55,56)/t38-,39-,41?/m0/s1. The predicted octanol–water partition coefficient (Wildman–Crippen LogP) is 7.90. The summed E-state index contributed by atoms with van der Waals surface area (Å²) >= 11 is 12.1. The number of hydrogen-bond acceptors (Lipinski definition) is 7. The van der Waals surface area contributed by atoms with Crippen LogP contribution in [0.3, 0.4) is 0 Å². The molecule has 3 atom stereocenters. The Hall–Kier alpha value is -6.35. The molecule has 5 aromatic carbocycles. The number of carboxylic acid groups (broad SMARTS) is 1. The number of nitriles is 1. The van der Waals surface area contributed by atoms with E-state index in [4.69, 9.17) is 37.9 Å². The lowest BCUT2D eigenvalue weighted by atomic mass is 9.90. The van der Waals surface area contributed by atoms with Crippen LogP contribution in [0.1, 0.15) is 53.3 Å². The van der Waals surface area contributed by atoms with E-state index in [1.54, 1.807) is 86.6 Å². The Labute approximate surface area is 345 Å². The van der Waals surface area contributed by atoms with Gasteiger partial charge < -0.3 is 30.1 Å². The number of anilines is 1. The molecular formula is C45H38Cl2N4O7. The third-order valence-corrected chi connectivity index (χ3v) is 10.9. The van der Waals surface area contributed by atoms with Crippen LogP contribution in [-0.4, -0.2) is 45.8 Å². The molecule has 11 nitrogen and oxygen atoms in total. The first-order chi connectivity index (χ1) is 27.9. The Morgan fingerprint density at radius 1 is 0.914 bits per heavy atom. The Morgan fingerprint density at radius 2 is 1.59 bits per heavy atom. The average molecular weight is 818 g/mol. The minimum absolute atomic E-state index is 0.0166. The summed E-state index contributed by atoms with van der Waals surface area (Å²) < 4.78 is 12.1. The molecule has 2 aliphatic heterocycles. The van der Waals surface area contributed by atoms with Gasteiger partial charge in [-0.1, -0.05) is 91.6 Å². The molecule has 0 spiro atoms. The van der Waals surface area contributed by atoms with Crippen molar-refractivity contribution >= 4 is 52.6 Å². The van der Waals surface area contributed by atoms with E-state index in [-0.39, 0.29) is 37.8 Å². The van der Waals surface area contributed by atoms with Crippen molar-refractivity contribution < 1.29 is 33.8 Å². The number of aliphatic carboxylic acids is 1. The molecule has 5 aromatic rings. The first-order valence-electron chi connectivity index (χ1n) is 18.6. The molecule has 0 bridgehead atoms. The molecule has 7 rings (SSSR count). The highest BCUT2D eigenvalue weighted by Crippen LogP contribution is 2.40. The number of amides is 3. The van der Waals surface area contributed by atoms with Gasteiger partial charge in [0, 0.05) is 30.9 Å². The van der Waals surface area contributed by atoms with Crippen LogP contribution in [0.2, 0.25) is 10.0 Å². The molecule has 3 N–H and O–H groups in total. The highest BCUT2D eigenvalue weighted by molar-refractivity contribution is 6.42. The van der Waals surface area contributed by atoms with Gasteiger partial charge in [-0.25, -0.2) is 4.79 Å². The van der Waals surface area contributed by atoms with Crippen LogP contribution in [0.25, 0.3) is 11.1 Å². The minimum Gasteiger partial charge on any atom is -0.489 e. The van der Waals surface area contributed by atoms with Crippen LogP contribution in [0, 0.1) is 17.2 Å². The lowest BCUT2D eigenvalue weighted by Crippen LogP contribution is -2.56. The molecule has 0 fully saturated rings. The SMILES string of the molecule is CC(C)C(=O)N1Cc2cc3c(cc2C[C@H]1C(=O)N[C@@H](Cc1ccc(-c2ccc(C#N)cc2)cc1)C(=O)O)NC(=O)C(c1ccc(OCc2ccc(Cl)c(Cl)c2)cc1)O3. The van der Waals surface area contributed by atoms with E-state index in [0.29, 0.717) is 43.9 Å². The maximum Gasteiger partial charge on any atom is 0.326 e. The maximum atomic E-state index is 13.9. The van der Waals surface area contributed by atoms with Crippen molar-refractivity contribution in [1.29, 1.82) is 5.26 Å². The third-order valence-electron chi connectivity index (χ3n) is 10.2. The molecule has 1 unspecified atom stereocenters. The number of carboxylic acids is 1. The zero-order valence-electron chi connectivity index (χ0n) is 31.5. The van der Waals surface area contributed by atoms with Crippen molar-refractivity contribution in [2.45, 2.75) is 58.0 Å². The van der Waals surface area contributed by atoms with Crippen molar-refractivity contribution in [3.8, 4) is 28.7 Å². The van der Waals surface area contributed by atoms with Gasteiger partial charge in [-0.3, -0.25) is 14.4 Å². The fraction of sp³-hybridized carbons (Fsp3) is 0.222. The van der Waals surface area contributed by atoms with E-state index in [0.717, 1.165) is 27.8 Å². The Kier molecular flexibility index (Phi) is 11.7. The average Bonchev–Trinajstić information content (AvgIpc) is 3.22. The van der Waals surface area contributed by atoms with Crippen LogP contribution in [0.5, 0.6) is 11.5 Å². The molecule has 2 aliphatic rings. The zero-order valence-corrected chi connectivity index (χ0v) is 33.0. The van der Waals surface area contributed by atoms with Gasteiger partial charge in [0.2, 0.25) is 17.9 Å². The van der Waals surface area contributed by atoms with Gasteiger partial charge in [-0.15, -0.1) is 0 Å². The van der Waals surface area contributed by atoms with E-state index in [2.05, 4.69) is 16.7 Å². The number of ether oxygens (including phenoxy) is 2. The van der Waals surface area contributed by atoms with Gasteiger partial charge in [-0.2, -0.15) is 5.26 Å². The molecule has 0 radical (unpaired) electrons. The van der Waals surface area contributed by atoms with Crippen molar-refractivity contribution in [2.75, 3.05) is 5.32 Å². The second kappa shape index (κ2) is 17.0. The summed E-state index contributed by atoms with van der Waals surface area (Å²) in [6, 6.07) is 30.1. The normalized spacial score (nSPS) is 16.2. The summed E-state index contributed by atoms with van der Waals surface area (Å²) in [4.78, 5) is 54.8. The van der Waals surface area contributed by atoms with Gasteiger partial charge in [-0.05, 0) is 81.9 Å². The number of benzene rings is 5. The van der Waals surface area contributed by atoms with Crippen LogP contribution < -0.4 is 20.1 Å². The van der Waals surface area contributed by atoms with Gasteiger partial charge in [0.25, 0.3) is 5.91 Å². The molecule has 3 amide bonds. The summed E-state index contributed by atoms with van der Waals surface area (Å²) in [7, 11) is 0. The number of nitrogens with one attached hydrogen (secondary N) is 2. The molecule has 13 heteroatoms. The lowest BCUT2D eigenvalue weighted by molar-refractivity contribution is -0.146. The van der Waals surface area contributed by atoms with E-state index >= 15 is 0 Å². The van der Waals surface area contributed by atoms with Crippen molar-refractivity contribution in [3.63, 3.8) is 0 Å². The van der Waals surface area contributed by atoms with Crippen LogP contribution in [0.15, 0.2) is 103 Å². The zero-order chi connectivity index (χ0) is 41.1. The van der Waals surface area contributed by atoms with E-state index in [9.17, 15) is 24.3 Å². The summed E-state index contributed by atoms with van der Waals surface area (Å²) in [6.45, 7) is 3.84. The molecule has 0 aromatic heterocycles. The van der Waals surface area contributed by atoms with E-state index in [1.165, 1.54) is 4.90 Å². The van der Waals surface area contributed by atoms with Gasteiger partial charge in [0.05, 0.1) is 27.4 Å². The Balaban J connectivity index is 1.04. The van der Waals surface area contributed by atoms with Gasteiger partial charge in [0.15, 0.2) is 0 Å². The Morgan fingerprint density at radius 3 is 2.22 bits per heavy atom. The predicted molar refractivity (Wildman–Crippen MR) is 218 cm³/mol. The number of halogens is 2. The smallest absolute Gasteiger partial charge is 0.326 e. The quantitative estimate of drug-likeness (QED) is 0.121. The number of fused-ring (bicyclic) bond motifs is 2. The second-order valence-corrected chi connectivity index (χ2v) is 15.4. The summed E-state index contributed by atoms with van der Waals surface area (Å²) in [5.41, 5.74) is 6.39. The summed E-state index contributed by atoms with van der Waals surface area (Å²) in [5, 5.41) is 25.8. The van der Waals surface area contributed by atoms with Gasteiger partial charge in [0.1, 0.15) is 30.2 Å². The number of rotatable bonds is 11. The molecule has 58 heavy (non-hydrogen) atoms. The van der Waals surface area contributed by atoms with E-state index < -0.39 is 36.0 Å². The number of nitrogens with zero attached hydrogens (tertiary/aromatic N) is 2. The van der Waals surface area contributed by atoms with Gasteiger partial charge >= 0.3 is 5.97 Å². The fourth-order valence-corrected chi connectivity index (χ4v) is 7.34. The summed E-state index contributed by atoms with van der Waals surface area (Å²) in [6.07, 6.45) is -0.838. The maximum absolute atomic E-state index is 13.9. The minimum atomic E-state index is -1.26. The third kappa shape index (κ3) is 8.79. The van der Waals surface area contributed by atoms with Crippen LogP contribution >= 0.6 is 23.2 Å². The molecule has 0 saturated carbocycles. The highest BCUT2D eigenvalue weighted by atomic mass is 35.5. The van der Waals surface area contributed by atoms with E-state index in [1.807, 2.05) is 30.3 Å². The fourth-order valence-electron chi connectivity index (χ4n) is 7.02. The first kappa shape index (κ1) is 39.9. The topological polar surface area (TPSA) is 158 Å². The molecular weight excluding hydrogens is 779 g/mol. The highest BCUT2D eigenvalue weighted by Gasteiger charge is 2.39. The molecule has 294 valence electrons.